The van der Waals surface area contributed by atoms with Crippen molar-refractivity contribution < 1.29 is 24.5 Å². The first-order valence-electron chi connectivity index (χ1n) is 8.12. The number of carbonyl (C=O) groups is 1. The molecule has 28 heavy (non-hydrogen) atoms. The molecule has 0 spiro atoms. The molecule has 0 saturated heterocycles. The highest BCUT2D eigenvalue weighted by molar-refractivity contribution is 6.32. The lowest BCUT2D eigenvalue weighted by molar-refractivity contribution is -0.138. The number of hydrazine groups is 1. The van der Waals surface area contributed by atoms with Gasteiger partial charge in [-0.3, -0.25) is 10.0 Å². The predicted octanol–water partition coefficient (Wildman–Crippen LogP) is 3.07. The van der Waals surface area contributed by atoms with Crippen LogP contribution in [0.5, 0.6) is 17.2 Å². The Hall–Kier alpha value is -3.23. The molecule has 0 amide bonds. The van der Waals surface area contributed by atoms with Crippen LogP contribution < -0.4 is 15.6 Å². The second kappa shape index (κ2) is 9.12. The quantitative estimate of drug-likeness (QED) is 0.213. The summed E-state index contributed by atoms with van der Waals surface area (Å²) in [5.74, 6) is 5.38. The molecule has 9 heteroatoms. The van der Waals surface area contributed by atoms with E-state index < -0.39 is 5.97 Å². The van der Waals surface area contributed by atoms with Crippen molar-refractivity contribution in [2.24, 2.45) is 10.8 Å². The van der Waals surface area contributed by atoms with Crippen LogP contribution in [0.4, 0.5) is 5.69 Å². The molecule has 0 atom stereocenters. The number of anilines is 1. The monoisotopic (exact) mass is 405 g/mol. The highest BCUT2D eigenvalue weighted by atomic mass is 35.5. The largest absolute Gasteiger partial charge is 0.506 e. The van der Waals surface area contributed by atoms with Gasteiger partial charge in [-0.05, 0) is 44.0 Å². The zero-order chi connectivity index (χ0) is 20.8. The first kappa shape index (κ1) is 21.1. The Morgan fingerprint density at radius 3 is 2.43 bits per heavy atom. The van der Waals surface area contributed by atoms with E-state index in [-0.39, 0.29) is 40.2 Å². The van der Waals surface area contributed by atoms with Crippen LogP contribution in [0, 0.1) is 0 Å². The maximum atomic E-state index is 12.4. The molecule has 2 rings (SSSR count). The highest BCUT2D eigenvalue weighted by Gasteiger charge is 2.24. The number of methoxy groups -OCH3 is 1. The Labute approximate surface area is 167 Å². The van der Waals surface area contributed by atoms with Crippen LogP contribution in [0.3, 0.4) is 0 Å². The zero-order valence-electron chi connectivity index (χ0n) is 15.3. The minimum atomic E-state index is -0.747. The summed E-state index contributed by atoms with van der Waals surface area (Å²) >= 11 is 5.94. The summed E-state index contributed by atoms with van der Waals surface area (Å²) in [7, 11) is 1.52. The molecule has 0 heterocycles. The Bertz CT molecular complexity index is 913. The van der Waals surface area contributed by atoms with E-state index in [1.165, 1.54) is 13.2 Å². The number of aromatic hydroxyl groups is 2. The van der Waals surface area contributed by atoms with Crippen molar-refractivity contribution in [2.45, 2.75) is 6.92 Å². The maximum absolute atomic E-state index is 12.4. The van der Waals surface area contributed by atoms with Gasteiger partial charge in [0.15, 0.2) is 5.70 Å². The molecule has 0 aliphatic carbocycles. The van der Waals surface area contributed by atoms with Gasteiger partial charge in [0.05, 0.1) is 24.4 Å². The lowest BCUT2D eigenvalue weighted by Gasteiger charge is -2.25. The van der Waals surface area contributed by atoms with E-state index >= 15 is 0 Å². The lowest BCUT2D eigenvalue weighted by atomic mass is 10.1. The standard InChI is InChI=1S/C19H20ClN3O5/c1-4-28-19(26)17(22-2)18(11-5-7-12(27-3)8-6-11)23(21)14-9-13(20)15(24)10-16(14)25/h5-10,24-25H,2,4,21H2,1,3H3/b18-17-. The Morgan fingerprint density at radius 1 is 1.25 bits per heavy atom. The lowest BCUT2D eigenvalue weighted by Crippen LogP contribution is -2.31. The average molecular weight is 406 g/mol. The molecule has 8 nitrogen and oxygen atoms in total. The fourth-order valence-electron chi connectivity index (χ4n) is 2.43. The third kappa shape index (κ3) is 4.36. The van der Waals surface area contributed by atoms with Gasteiger partial charge >= 0.3 is 5.97 Å². The van der Waals surface area contributed by atoms with Crippen molar-refractivity contribution >= 4 is 35.7 Å². The van der Waals surface area contributed by atoms with Crippen LogP contribution in [0.1, 0.15) is 12.5 Å². The minimum absolute atomic E-state index is 0.0269. The second-order valence-corrected chi connectivity index (χ2v) is 5.87. The van der Waals surface area contributed by atoms with E-state index in [1.54, 1.807) is 31.2 Å². The summed E-state index contributed by atoms with van der Waals surface area (Å²) in [6.45, 7) is 5.20. The third-order valence-corrected chi connectivity index (χ3v) is 4.06. The van der Waals surface area contributed by atoms with Crippen molar-refractivity contribution in [1.82, 2.24) is 0 Å². The summed E-state index contributed by atoms with van der Waals surface area (Å²) in [5, 5.41) is 20.8. The first-order chi connectivity index (χ1) is 13.3. The van der Waals surface area contributed by atoms with Gasteiger partial charge in [0.1, 0.15) is 22.9 Å². The van der Waals surface area contributed by atoms with E-state index in [0.29, 0.717) is 11.3 Å². The number of phenolic OH excluding ortho intramolecular Hbond substituents is 2. The Balaban J connectivity index is 2.71. The summed E-state index contributed by atoms with van der Waals surface area (Å²) in [4.78, 5) is 16.2. The minimum Gasteiger partial charge on any atom is -0.506 e. The number of hydrogen-bond donors (Lipinski definition) is 3. The molecule has 0 aromatic heterocycles. The van der Waals surface area contributed by atoms with Gasteiger partial charge in [0.2, 0.25) is 0 Å². The molecule has 0 fully saturated rings. The van der Waals surface area contributed by atoms with Crippen LogP contribution in [0.2, 0.25) is 5.02 Å². The summed E-state index contributed by atoms with van der Waals surface area (Å²) < 4.78 is 10.2. The molecule has 0 bridgehead atoms. The molecular formula is C19H20ClN3O5. The number of rotatable bonds is 7. The number of esters is 1. The number of ether oxygens (including phenoxy) is 2. The van der Waals surface area contributed by atoms with E-state index in [0.717, 1.165) is 11.1 Å². The van der Waals surface area contributed by atoms with Crippen LogP contribution in [0.15, 0.2) is 47.1 Å². The molecule has 2 aromatic carbocycles. The van der Waals surface area contributed by atoms with Crippen LogP contribution >= 0.6 is 11.6 Å². The number of nitrogens with zero attached hydrogens (tertiary/aromatic N) is 2. The van der Waals surface area contributed by atoms with Crippen molar-refractivity contribution in [2.75, 3.05) is 18.7 Å². The first-order valence-corrected chi connectivity index (χ1v) is 8.50. The Kier molecular flexibility index (Phi) is 6.86. The van der Waals surface area contributed by atoms with Gasteiger partial charge in [-0.15, -0.1) is 0 Å². The SMILES string of the molecule is C=N/C(C(=O)OCC)=C(/c1ccc(OC)cc1)N(N)c1cc(Cl)c(O)cc1O. The van der Waals surface area contributed by atoms with Gasteiger partial charge in [-0.1, -0.05) is 11.6 Å². The van der Waals surface area contributed by atoms with Crippen molar-refractivity contribution in [3.8, 4) is 17.2 Å². The predicted molar refractivity (Wildman–Crippen MR) is 108 cm³/mol. The molecule has 0 saturated carbocycles. The van der Waals surface area contributed by atoms with Crippen molar-refractivity contribution in [3.63, 3.8) is 0 Å². The fourth-order valence-corrected chi connectivity index (χ4v) is 2.59. The number of aliphatic imine (C=N–C) groups is 1. The van der Waals surface area contributed by atoms with Crippen LogP contribution in [-0.4, -0.2) is 36.6 Å². The Morgan fingerprint density at radius 2 is 1.89 bits per heavy atom. The van der Waals surface area contributed by atoms with Gasteiger partial charge in [0, 0.05) is 11.6 Å². The number of carbonyl (C=O) groups excluding carboxylic acids is 1. The average Bonchev–Trinajstić information content (AvgIpc) is 2.68. The molecule has 0 unspecified atom stereocenters. The maximum Gasteiger partial charge on any atom is 0.359 e. The van der Waals surface area contributed by atoms with Crippen molar-refractivity contribution in [1.29, 1.82) is 0 Å². The van der Waals surface area contributed by atoms with Gasteiger partial charge in [0.25, 0.3) is 0 Å². The smallest absolute Gasteiger partial charge is 0.359 e. The summed E-state index contributed by atoms with van der Waals surface area (Å²) in [6, 6.07) is 8.92. The summed E-state index contributed by atoms with van der Waals surface area (Å²) in [6.07, 6.45) is 0. The number of benzene rings is 2. The van der Waals surface area contributed by atoms with E-state index in [4.69, 9.17) is 26.9 Å². The second-order valence-electron chi connectivity index (χ2n) is 5.47. The molecule has 4 N–H and O–H groups in total. The fraction of sp³-hybridized carbons (Fsp3) is 0.158. The highest BCUT2D eigenvalue weighted by Crippen LogP contribution is 2.39. The van der Waals surface area contributed by atoms with Gasteiger partial charge in [-0.2, -0.15) is 0 Å². The van der Waals surface area contributed by atoms with Gasteiger partial charge in [-0.25, -0.2) is 10.6 Å². The zero-order valence-corrected chi connectivity index (χ0v) is 16.1. The molecular weight excluding hydrogens is 386 g/mol. The number of hydrogen-bond acceptors (Lipinski definition) is 8. The molecule has 0 aliphatic rings. The number of nitrogens with two attached hydrogens (primary N) is 1. The van der Waals surface area contributed by atoms with Gasteiger partial charge < -0.3 is 19.7 Å². The normalized spacial score (nSPS) is 11.4. The van der Waals surface area contributed by atoms with E-state index in [1.807, 2.05) is 0 Å². The van der Waals surface area contributed by atoms with E-state index in [9.17, 15) is 15.0 Å². The van der Waals surface area contributed by atoms with E-state index in [2.05, 4.69) is 11.7 Å². The molecule has 0 aliphatic heterocycles. The molecule has 148 valence electrons. The summed E-state index contributed by atoms with van der Waals surface area (Å²) in [5.41, 5.74) is 0.438. The number of phenols is 2. The topological polar surface area (TPSA) is 118 Å². The van der Waals surface area contributed by atoms with Crippen LogP contribution in [0.25, 0.3) is 5.70 Å². The molecule has 2 aromatic rings. The third-order valence-electron chi connectivity index (χ3n) is 3.76. The van der Waals surface area contributed by atoms with Crippen molar-refractivity contribution in [3.05, 3.63) is 52.7 Å². The molecule has 0 radical (unpaired) electrons. The van der Waals surface area contributed by atoms with Crippen LogP contribution in [-0.2, 0) is 9.53 Å². The number of halogens is 1.